The number of amides is 1. The number of aryl methyl sites for hydroxylation is 1. The Balaban J connectivity index is 1.50. The summed E-state index contributed by atoms with van der Waals surface area (Å²) in [5.41, 5.74) is 2.84. The van der Waals surface area contributed by atoms with Crippen LogP contribution in [0.3, 0.4) is 0 Å². The van der Waals surface area contributed by atoms with E-state index < -0.39 is 5.54 Å². The standard InChI is InChI=1S/C29H26N2O3/c1-33-31-28(32)30-26-18-9-8-17-25(26)20-27(30)29(31,22-34-21-24-15-6-3-7-16-24)19-11-10-14-23-12-4-2-5-13-23/h2-9,12-13,15-18,20H,10,14,21-22H2,1H3. The molecule has 0 N–H and O–H groups in total. The van der Waals surface area contributed by atoms with Crippen LogP contribution in [0.25, 0.3) is 10.9 Å². The van der Waals surface area contributed by atoms with Crippen LogP contribution in [0.5, 0.6) is 0 Å². The molecule has 5 nitrogen and oxygen atoms in total. The molecule has 34 heavy (non-hydrogen) atoms. The van der Waals surface area contributed by atoms with Crippen LogP contribution in [0.1, 0.15) is 23.2 Å². The summed E-state index contributed by atoms with van der Waals surface area (Å²) in [6.45, 7) is 0.608. The lowest BCUT2D eigenvalue weighted by Crippen LogP contribution is -2.45. The van der Waals surface area contributed by atoms with E-state index in [2.05, 4.69) is 24.0 Å². The molecule has 0 fully saturated rings. The normalized spacial score (nSPS) is 17.0. The monoisotopic (exact) mass is 450 g/mol. The van der Waals surface area contributed by atoms with Gasteiger partial charge in [-0.15, -0.1) is 0 Å². The largest absolute Gasteiger partial charge is 0.373 e. The molecule has 5 heteroatoms. The summed E-state index contributed by atoms with van der Waals surface area (Å²) < 4.78 is 7.86. The molecule has 0 saturated heterocycles. The van der Waals surface area contributed by atoms with Gasteiger partial charge in [-0.1, -0.05) is 90.7 Å². The highest BCUT2D eigenvalue weighted by Crippen LogP contribution is 2.40. The number of carbonyl (C=O) groups excluding carboxylic acids is 1. The second kappa shape index (κ2) is 9.56. The topological polar surface area (TPSA) is 43.7 Å². The molecule has 1 atom stereocenters. The first-order valence-electron chi connectivity index (χ1n) is 11.4. The van der Waals surface area contributed by atoms with Gasteiger partial charge in [0.1, 0.15) is 0 Å². The van der Waals surface area contributed by atoms with Crippen molar-refractivity contribution in [3.8, 4) is 11.8 Å². The molecule has 5 rings (SSSR count). The van der Waals surface area contributed by atoms with Gasteiger partial charge in [-0.05, 0) is 29.7 Å². The van der Waals surface area contributed by atoms with Crippen LogP contribution in [-0.4, -0.2) is 29.4 Å². The average Bonchev–Trinajstić information content (AvgIpc) is 3.37. The van der Waals surface area contributed by atoms with Crippen molar-refractivity contribution in [2.45, 2.75) is 25.0 Å². The summed E-state index contributed by atoms with van der Waals surface area (Å²) in [7, 11) is 1.50. The summed E-state index contributed by atoms with van der Waals surface area (Å²) in [6.07, 6.45) is 1.50. The fourth-order valence-corrected chi connectivity index (χ4v) is 4.49. The Bertz CT molecular complexity index is 1350. The van der Waals surface area contributed by atoms with Gasteiger partial charge < -0.3 is 4.74 Å². The van der Waals surface area contributed by atoms with E-state index in [1.54, 1.807) is 4.57 Å². The van der Waals surface area contributed by atoms with E-state index in [0.717, 1.165) is 28.6 Å². The Kier molecular flexibility index (Phi) is 6.18. The van der Waals surface area contributed by atoms with Gasteiger partial charge in [-0.25, -0.2) is 4.79 Å². The minimum Gasteiger partial charge on any atom is -0.373 e. The molecule has 0 saturated carbocycles. The summed E-state index contributed by atoms with van der Waals surface area (Å²) in [6, 6.07) is 29.8. The van der Waals surface area contributed by atoms with E-state index in [9.17, 15) is 4.79 Å². The third kappa shape index (κ3) is 3.99. The van der Waals surface area contributed by atoms with E-state index in [1.165, 1.54) is 17.7 Å². The van der Waals surface area contributed by atoms with Gasteiger partial charge >= 0.3 is 6.03 Å². The molecule has 1 aliphatic heterocycles. The van der Waals surface area contributed by atoms with Crippen LogP contribution in [0, 0.1) is 11.8 Å². The Morgan fingerprint density at radius 2 is 1.56 bits per heavy atom. The zero-order valence-corrected chi connectivity index (χ0v) is 19.1. The third-order valence-corrected chi connectivity index (χ3v) is 6.13. The molecule has 170 valence electrons. The van der Waals surface area contributed by atoms with E-state index in [0.29, 0.717) is 13.0 Å². The predicted molar refractivity (Wildman–Crippen MR) is 132 cm³/mol. The number of hydroxylamine groups is 2. The minimum atomic E-state index is -1.05. The van der Waals surface area contributed by atoms with Crippen molar-refractivity contribution >= 4 is 16.9 Å². The Morgan fingerprint density at radius 3 is 2.29 bits per heavy atom. The molecule has 1 aliphatic rings. The molecule has 1 unspecified atom stereocenters. The quantitative estimate of drug-likeness (QED) is 0.348. The SMILES string of the molecule is CON1C(=O)n2c(cc3ccccc32)C1(C#CCCc1ccccc1)COCc1ccccc1. The van der Waals surface area contributed by atoms with E-state index in [4.69, 9.17) is 9.57 Å². The van der Waals surface area contributed by atoms with Gasteiger partial charge in [0.05, 0.1) is 31.5 Å². The van der Waals surface area contributed by atoms with Crippen LogP contribution in [0.2, 0.25) is 0 Å². The van der Waals surface area contributed by atoms with Crippen molar-refractivity contribution < 1.29 is 14.4 Å². The van der Waals surface area contributed by atoms with Crippen molar-refractivity contribution in [1.82, 2.24) is 9.63 Å². The van der Waals surface area contributed by atoms with Crippen molar-refractivity contribution in [2.24, 2.45) is 0 Å². The molecule has 0 bridgehead atoms. The molecule has 0 aliphatic carbocycles. The molecule has 0 spiro atoms. The molecule has 3 aromatic carbocycles. The highest BCUT2D eigenvalue weighted by atomic mass is 16.7. The fourth-order valence-electron chi connectivity index (χ4n) is 4.49. The number of ether oxygens (including phenoxy) is 1. The van der Waals surface area contributed by atoms with Crippen LogP contribution >= 0.6 is 0 Å². The average molecular weight is 451 g/mol. The number of para-hydroxylation sites is 1. The number of benzene rings is 3. The number of hydrogen-bond donors (Lipinski definition) is 0. The number of fused-ring (bicyclic) bond motifs is 3. The zero-order valence-electron chi connectivity index (χ0n) is 19.1. The Hall–Kier alpha value is -3.85. The van der Waals surface area contributed by atoms with Crippen LogP contribution in [0.4, 0.5) is 4.79 Å². The lowest BCUT2D eigenvalue weighted by Gasteiger charge is -2.30. The summed E-state index contributed by atoms with van der Waals surface area (Å²) in [5.74, 6) is 6.70. The van der Waals surface area contributed by atoms with Gasteiger partial charge in [0, 0.05) is 11.8 Å². The summed E-state index contributed by atoms with van der Waals surface area (Å²) >= 11 is 0. The van der Waals surface area contributed by atoms with Crippen molar-refractivity contribution in [1.29, 1.82) is 0 Å². The molecule has 2 heterocycles. The number of aromatic nitrogens is 1. The van der Waals surface area contributed by atoms with Crippen molar-refractivity contribution in [3.63, 3.8) is 0 Å². The fraction of sp³-hybridized carbons (Fsp3) is 0.207. The van der Waals surface area contributed by atoms with Gasteiger partial charge in [0.2, 0.25) is 0 Å². The van der Waals surface area contributed by atoms with Crippen molar-refractivity contribution in [2.75, 3.05) is 13.7 Å². The van der Waals surface area contributed by atoms with E-state index >= 15 is 0 Å². The van der Waals surface area contributed by atoms with Gasteiger partial charge in [0.15, 0.2) is 5.54 Å². The van der Waals surface area contributed by atoms with Gasteiger partial charge in [0.25, 0.3) is 0 Å². The molecule has 1 aromatic heterocycles. The maximum Gasteiger partial charge on any atom is 0.354 e. The molecule has 4 aromatic rings. The third-order valence-electron chi connectivity index (χ3n) is 6.13. The molecule has 0 radical (unpaired) electrons. The van der Waals surface area contributed by atoms with Crippen LogP contribution in [-0.2, 0) is 28.1 Å². The number of rotatable bonds is 7. The van der Waals surface area contributed by atoms with Gasteiger partial charge in [-0.3, -0.25) is 9.40 Å². The first kappa shape index (κ1) is 22.0. The first-order valence-corrected chi connectivity index (χ1v) is 11.4. The maximum atomic E-state index is 13.4. The van der Waals surface area contributed by atoms with Crippen molar-refractivity contribution in [3.05, 3.63) is 108 Å². The molecular formula is C29H26N2O3. The summed E-state index contributed by atoms with van der Waals surface area (Å²) in [4.78, 5) is 19.1. The lowest BCUT2D eigenvalue weighted by molar-refractivity contribution is -0.151. The number of carbonyl (C=O) groups is 1. The summed E-state index contributed by atoms with van der Waals surface area (Å²) in [5, 5.41) is 2.34. The zero-order chi connectivity index (χ0) is 23.4. The number of hydrogen-bond acceptors (Lipinski definition) is 3. The highest BCUT2D eigenvalue weighted by Gasteiger charge is 2.51. The molecular weight excluding hydrogens is 424 g/mol. The van der Waals surface area contributed by atoms with Gasteiger partial charge in [-0.2, -0.15) is 5.06 Å². The van der Waals surface area contributed by atoms with E-state index in [-0.39, 0.29) is 12.6 Å². The van der Waals surface area contributed by atoms with E-state index in [1.807, 2.05) is 78.9 Å². The molecule has 1 amide bonds. The Labute approximate surface area is 199 Å². The Morgan fingerprint density at radius 1 is 0.882 bits per heavy atom. The number of nitrogens with zero attached hydrogens (tertiary/aromatic N) is 2. The predicted octanol–water partition coefficient (Wildman–Crippen LogP) is 5.53. The second-order valence-electron chi connectivity index (χ2n) is 8.31. The highest BCUT2D eigenvalue weighted by molar-refractivity contribution is 5.96. The lowest BCUT2D eigenvalue weighted by atomic mass is 9.96. The maximum absolute atomic E-state index is 13.4. The smallest absolute Gasteiger partial charge is 0.354 e. The minimum absolute atomic E-state index is 0.191. The van der Waals surface area contributed by atoms with Crippen LogP contribution < -0.4 is 0 Å². The second-order valence-corrected chi connectivity index (χ2v) is 8.31. The first-order chi connectivity index (χ1) is 16.7. The van der Waals surface area contributed by atoms with Crippen LogP contribution in [0.15, 0.2) is 91.0 Å².